The highest BCUT2D eigenvalue weighted by molar-refractivity contribution is 5.95. The number of para-hydroxylation sites is 1. The van der Waals surface area contributed by atoms with Gasteiger partial charge in [0.1, 0.15) is 0 Å². The van der Waals surface area contributed by atoms with Crippen molar-refractivity contribution >= 4 is 17.3 Å². The first-order valence-corrected chi connectivity index (χ1v) is 11.1. The van der Waals surface area contributed by atoms with E-state index < -0.39 is 0 Å². The Morgan fingerprint density at radius 3 is 2.21 bits per heavy atom. The second-order valence-corrected chi connectivity index (χ2v) is 7.94. The molecule has 4 heteroatoms. The first kappa shape index (κ1) is 21.4. The molecule has 4 nitrogen and oxygen atoms in total. The molecule has 1 fully saturated rings. The first-order chi connectivity index (χ1) is 14.1. The Bertz CT molecular complexity index is 810. The van der Waals surface area contributed by atoms with Crippen LogP contribution in [0.3, 0.4) is 0 Å². The molecule has 0 atom stereocenters. The lowest BCUT2D eigenvalue weighted by molar-refractivity contribution is 0.0999. The summed E-state index contributed by atoms with van der Waals surface area (Å²) in [6.45, 7) is 10.0. The highest BCUT2D eigenvalue weighted by Gasteiger charge is 2.28. The molecule has 1 amide bonds. The minimum absolute atomic E-state index is 0.331. The Balaban J connectivity index is 2.05. The van der Waals surface area contributed by atoms with Gasteiger partial charge in [0, 0.05) is 36.1 Å². The quantitative estimate of drug-likeness (QED) is 0.692. The number of piperidine rings is 1. The van der Waals surface area contributed by atoms with E-state index in [1.165, 1.54) is 29.9 Å². The fraction of sp³-hybridized carbons (Fsp3) is 0.480. The molecule has 2 aromatic rings. The lowest BCUT2D eigenvalue weighted by Gasteiger charge is -2.41. The van der Waals surface area contributed by atoms with Crippen LogP contribution in [0.25, 0.3) is 0 Å². The van der Waals surface area contributed by atoms with Gasteiger partial charge < -0.3 is 15.5 Å². The summed E-state index contributed by atoms with van der Waals surface area (Å²) >= 11 is 0. The third-order valence-electron chi connectivity index (χ3n) is 6.14. The molecule has 1 heterocycles. The fourth-order valence-corrected chi connectivity index (χ4v) is 4.79. The van der Waals surface area contributed by atoms with Crippen molar-refractivity contribution in [1.82, 2.24) is 4.90 Å². The summed E-state index contributed by atoms with van der Waals surface area (Å²) in [5, 5.41) is 0. The Morgan fingerprint density at radius 1 is 1.00 bits per heavy atom. The van der Waals surface area contributed by atoms with Crippen molar-refractivity contribution in [3.63, 3.8) is 0 Å². The molecular weight excluding hydrogens is 358 g/mol. The number of amides is 1. The van der Waals surface area contributed by atoms with Crippen molar-refractivity contribution in [2.24, 2.45) is 5.73 Å². The van der Waals surface area contributed by atoms with Crippen LogP contribution in [0, 0.1) is 0 Å². The van der Waals surface area contributed by atoms with E-state index in [0.717, 1.165) is 44.3 Å². The highest BCUT2D eigenvalue weighted by atomic mass is 16.1. The fourth-order valence-electron chi connectivity index (χ4n) is 4.79. The van der Waals surface area contributed by atoms with Crippen molar-refractivity contribution < 1.29 is 4.79 Å². The summed E-state index contributed by atoms with van der Waals surface area (Å²) in [6.07, 6.45) is 5.21. The average molecular weight is 394 g/mol. The molecule has 0 aliphatic carbocycles. The minimum atomic E-state index is -0.331. The average Bonchev–Trinajstić information content (AvgIpc) is 2.75. The van der Waals surface area contributed by atoms with Gasteiger partial charge in [-0.05, 0) is 74.0 Å². The summed E-state index contributed by atoms with van der Waals surface area (Å²) in [4.78, 5) is 17.1. The normalized spacial score (nSPS) is 15.4. The predicted octanol–water partition coefficient (Wildman–Crippen LogP) is 4.92. The van der Waals surface area contributed by atoms with Gasteiger partial charge in [0.05, 0.1) is 0 Å². The van der Waals surface area contributed by atoms with Gasteiger partial charge in [-0.15, -0.1) is 0 Å². The van der Waals surface area contributed by atoms with Gasteiger partial charge in [0.2, 0.25) is 5.91 Å². The van der Waals surface area contributed by atoms with Gasteiger partial charge in [-0.3, -0.25) is 4.79 Å². The van der Waals surface area contributed by atoms with E-state index in [9.17, 15) is 4.79 Å². The second-order valence-electron chi connectivity index (χ2n) is 7.94. The van der Waals surface area contributed by atoms with E-state index >= 15 is 0 Å². The topological polar surface area (TPSA) is 49.6 Å². The van der Waals surface area contributed by atoms with Crippen LogP contribution in [0.2, 0.25) is 0 Å². The number of carbonyl (C=O) groups is 1. The van der Waals surface area contributed by atoms with Crippen LogP contribution in [-0.2, 0) is 12.8 Å². The molecule has 0 saturated carbocycles. The third-order valence-corrected chi connectivity index (χ3v) is 6.14. The summed E-state index contributed by atoms with van der Waals surface area (Å²) < 4.78 is 0. The molecule has 0 aromatic heterocycles. The van der Waals surface area contributed by atoms with E-state index in [0.29, 0.717) is 11.6 Å². The predicted molar refractivity (Wildman–Crippen MR) is 122 cm³/mol. The van der Waals surface area contributed by atoms with Crippen LogP contribution in [0.4, 0.5) is 11.4 Å². The molecule has 29 heavy (non-hydrogen) atoms. The lowest BCUT2D eigenvalue weighted by Crippen LogP contribution is -2.43. The zero-order valence-electron chi connectivity index (χ0n) is 18.2. The van der Waals surface area contributed by atoms with Crippen molar-refractivity contribution in [2.45, 2.75) is 58.9 Å². The Kier molecular flexibility index (Phi) is 7.32. The maximum Gasteiger partial charge on any atom is 0.248 e. The number of carbonyl (C=O) groups excluding carboxylic acids is 1. The number of rotatable bonds is 8. The van der Waals surface area contributed by atoms with Crippen LogP contribution < -0.4 is 10.6 Å². The van der Waals surface area contributed by atoms with E-state index in [4.69, 9.17) is 5.73 Å². The van der Waals surface area contributed by atoms with Crippen molar-refractivity contribution in [1.29, 1.82) is 0 Å². The third kappa shape index (κ3) is 4.64. The lowest BCUT2D eigenvalue weighted by atomic mass is 9.92. The minimum Gasteiger partial charge on any atom is -0.366 e. The SMILES string of the molecule is CCCN1CCC(N(c2ccccc2)c2ccc(C(N)=O)c(CC)c2CC)CC1. The molecule has 0 bridgehead atoms. The van der Waals surface area contributed by atoms with Crippen LogP contribution in [0.1, 0.15) is 61.5 Å². The van der Waals surface area contributed by atoms with Gasteiger partial charge in [-0.1, -0.05) is 39.0 Å². The largest absolute Gasteiger partial charge is 0.366 e. The first-order valence-electron chi connectivity index (χ1n) is 11.1. The zero-order valence-corrected chi connectivity index (χ0v) is 18.2. The summed E-state index contributed by atoms with van der Waals surface area (Å²) in [5.74, 6) is -0.331. The number of likely N-dealkylation sites (tertiary alicyclic amines) is 1. The molecule has 2 aromatic carbocycles. The van der Waals surface area contributed by atoms with Crippen LogP contribution in [-0.4, -0.2) is 36.5 Å². The molecule has 156 valence electrons. The Hall–Kier alpha value is -2.33. The van der Waals surface area contributed by atoms with Crippen molar-refractivity contribution in [3.05, 3.63) is 59.2 Å². The molecule has 1 aliphatic heterocycles. The van der Waals surface area contributed by atoms with E-state index in [1.54, 1.807) is 0 Å². The molecule has 0 unspecified atom stereocenters. The van der Waals surface area contributed by atoms with Crippen molar-refractivity contribution in [3.8, 4) is 0 Å². The second kappa shape index (κ2) is 9.93. The smallest absolute Gasteiger partial charge is 0.248 e. The van der Waals surface area contributed by atoms with E-state index in [1.807, 2.05) is 6.07 Å². The molecular formula is C25H35N3O. The maximum absolute atomic E-state index is 12.0. The van der Waals surface area contributed by atoms with E-state index in [2.05, 4.69) is 67.0 Å². The van der Waals surface area contributed by atoms with Gasteiger partial charge in [-0.2, -0.15) is 0 Å². The number of nitrogens with two attached hydrogens (primary N) is 1. The van der Waals surface area contributed by atoms with Crippen LogP contribution in [0.15, 0.2) is 42.5 Å². The number of hydrogen-bond acceptors (Lipinski definition) is 3. The van der Waals surface area contributed by atoms with Gasteiger partial charge in [0.25, 0.3) is 0 Å². The zero-order chi connectivity index (χ0) is 20.8. The van der Waals surface area contributed by atoms with Gasteiger partial charge in [0.15, 0.2) is 0 Å². The van der Waals surface area contributed by atoms with Crippen molar-refractivity contribution in [2.75, 3.05) is 24.5 Å². The molecule has 0 spiro atoms. The number of primary amides is 1. The monoisotopic (exact) mass is 393 g/mol. The molecule has 0 radical (unpaired) electrons. The standard InChI is InChI=1S/C25H35N3O/c1-4-16-27-17-14-20(15-18-27)28(19-10-8-7-9-11-19)24-13-12-23(25(26)29)21(5-2)22(24)6-3/h7-13,20H,4-6,14-18H2,1-3H3,(H2,26,29). The van der Waals surface area contributed by atoms with Gasteiger partial charge in [-0.25, -0.2) is 0 Å². The molecule has 1 aliphatic rings. The Labute approximate surface area is 175 Å². The summed E-state index contributed by atoms with van der Waals surface area (Å²) in [5.41, 5.74) is 11.2. The Morgan fingerprint density at radius 2 is 1.66 bits per heavy atom. The molecule has 2 N–H and O–H groups in total. The van der Waals surface area contributed by atoms with E-state index in [-0.39, 0.29) is 5.91 Å². The summed E-state index contributed by atoms with van der Waals surface area (Å²) in [6, 6.07) is 15.2. The summed E-state index contributed by atoms with van der Waals surface area (Å²) in [7, 11) is 0. The van der Waals surface area contributed by atoms with Crippen LogP contribution >= 0.6 is 0 Å². The molecule has 3 rings (SSSR count). The number of nitrogens with zero attached hydrogens (tertiary/aromatic N) is 2. The number of hydrogen-bond donors (Lipinski definition) is 1. The highest BCUT2D eigenvalue weighted by Crippen LogP contribution is 2.37. The number of anilines is 2. The van der Waals surface area contributed by atoms with Crippen LogP contribution in [0.5, 0.6) is 0 Å². The maximum atomic E-state index is 12.0. The van der Waals surface area contributed by atoms with Gasteiger partial charge >= 0.3 is 0 Å². The number of benzene rings is 2. The molecule has 1 saturated heterocycles.